The number of sulfonamides is 1. The van der Waals surface area contributed by atoms with E-state index in [2.05, 4.69) is 4.72 Å². The molecular formula is C19H25ClN2O5S. The molecule has 154 valence electrons. The van der Waals surface area contributed by atoms with Crippen molar-refractivity contribution in [1.29, 1.82) is 0 Å². The molecule has 0 saturated carbocycles. The number of ether oxygens (including phenoxy) is 3. The van der Waals surface area contributed by atoms with Gasteiger partial charge >= 0.3 is 0 Å². The van der Waals surface area contributed by atoms with Gasteiger partial charge in [-0.2, -0.15) is 0 Å². The minimum Gasteiger partial charge on any atom is -0.496 e. The van der Waals surface area contributed by atoms with Crippen LogP contribution in [0.1, 0.15) is 30.0 Å². The van der Waals surface area contributed by atoms with Crippen molar-refractivity contribution in [2.45, 2.75) is 30.2 Å². The van der Waals surface area contributed by atoms with E-state index in [1.807, 2.05) is 12.1 Å². The lowest BCUT2D eigenvalue weighted by atomic mass is 9.88. The molecule has 28 heavy (non-hydrogen) atoms. The third-order valence-electron chi connectivity index (χ3n) is 4.72. The van der Waals surface area contributed by atoms with E-state index in [1.54, 1.807) is 6.07 Å². The van der Waals surface area contributed by atoms with Crippen molar-refractivity contribution in [3.8, 4) is 17.2 Å². The van der Waals surface area contributed by atoms with E-state index in [0.717, 1.165) is 24.0 Å². The minimum absolute atomic E-state index is 0. The van der Waals surface area contributed by atoms with Crippen LogP contribution in [0.5, 0.6) is 17.2 Å². The number of benzene rings is 2. The Balaban J connectivity index is 0.00000280. The van der Waals surface area contributed by atoms with Crippen LogP contribution >= 0.6 is 12.4 Å². The Morgan fingerprint density at radius 3 is 2.25 bits per heavy atom. The van der Waals surface area contributed by atoms with Gasteiger partial charge in [0.15, 0.2) is 4.90 Å². The van der Waals surface area contributed by atoms with E-state index in [0.29, 0.717) is 17.9 Å². The maximum Gasteiger partial charge on any atom is 0.248 e. The number of aryl methyl sites for hydroxylation is 1. The molecule has 0 bridgehead atoms. The summed E-state index contributed by atoms with van der Waals surface area (Å²) in [4.78, 5) is -0.0455. The Kier molecular flexibility index (Phi) is 7.03. The summed E-state index contributed by atoms with van der Waals surface area (Å²) in [5, 5.41) is 0. The maximum atomic E-state index is 13.2. The van der Waals surface area contributed by atoms with Crippen LogP contribution in [0.2, 0.25) is 0 Å². The van der Waals surface area contributed by atoms with Crippen LogP contribution in [0.25, 0.3) is 0 Å². The van der Waals surface area contributed by atoms with Crippen molar-refractivity contribution in [3.05, 3.63) is 41.5 Å². The predicted octanol–water partition coefficient (Wildman–Crippen LogP) is 3.07. The third-order valence-corrected chi connectivity index (χ3v) is 6.25. The van der Waals surface area contributed by atoms with Crippen LogP contribution in [-0.2, 0) is 16.4 Å². The largest absolute Gasteiger partial charge is 0.496 e. The molecule has 1 aliphatic carbocycles. The number of fused-ring (bicyclic) bond motifs is 1. The molecule has 0 amide bonds. The smallest absolute Gasteiger partial charge is 0.248 e. The number of halogens is 1. The van der Waals surface area contributed by atoms with Crippen LogP contribution in [0.3, 0.4) is 0 Å². The number of nitrogens with one attached hydrogen (secondary N) is 1. The van der Waals surface area contributed by atoms with Gasteiger partial charge in [0.25, 0.3) is 0 Å². The van der Waals surface area contributed by atoms with Gasteiger partial charge in [0.1, 0.15) is 17.2 Å². The normalized spacial score (nSPS) is 15.9. The zero-order chi connectivity index (χ0) is 19.6. The van der Waals surface area contributed by atoms with Crippen molar-refractivity contribution in [1.82, 2.24) is 4.72 Å². The van der Waals surface area contributed by atoms with E-state index in [4.69, 9.17) is 19.9 Å². The molecule has 7 nitrogen and oxygen atoms in total. The summed E-state index contributed by atoms with van der Waals surface area (Å²) in [5.41, 5.74) is 8.56. The number of anilines is 1. The third kappa shape index (κ3) is 4.29. The average molecular weight is 429 g/mol. The summed E-state index contributed by atoms with van der Waals surface area (Å²) >= 11 is 0. The number of hydrogen-bond acceptors (Lipinski definition) is 6. The molecule has 0 aromatic heterocycles. The van der Waals surface area contributed by atoms with Crippen LogP contribution in [0.15, 0.2) is 35.2 Å². The van der Waals surface area contributed by atoms with Gasteiger partial charge in [-0.1, -0.05) is 6.07 Å². The van der Waals surface area contributed by atoms with Gasteiger partial charge in [0.05, 0.1) is 21.3 Å². The monoisotopic (exact) mass is 428 g/mol. The molecular weight excluding hydrogens is 404 g/mol. The zero-order valence-electron chi connectivity index (χ0n) is 16.0. The van der Waals surface area contributed by atoms with Crippen molar-refractivity contribution in [2.24, 2.45) is 0 Å². The number of rotatable bonds is 6. The molecule has 1 aliphatic rings. The summed E-state index contributed by atoms with van der Waals surface area (Å²) in [7, 11) is 0.399. The topological polar surface area (TPSA) is 99.9 Å². The fraction of sp³-hybridized carbons (Fsp3) is 0.368. The minimum atomic E-state index is -3.91. The van der Waals surface area contributed by atoms with Crippen LogP contribution < -0.4 is 24.7 Å². The van der Waals surface area contributed by atoms with E-state index >= 15 is 0 Å². The molecule has 2 aromatic rings. The molecule has 0 radical (unpaired) electrons. The first-order valence-electron chi connectivity index (χ1n) is 8.60. The first-order valence-corrected chi connectivity index (χ1v) is 10.1. The number of nitrogen functional groups attached to an aromatic ring is 1. The average Bonchev–Trinajstić information content (AvgIpc) is 2.66. The summed E-state index contributed by atoms with van der Waals surface area (Å²) in [6.07, 6.45) is 2.46. The molecule has 0 aliphatic heterocycles. The second-order valence-corrected chi connectivity index (χ2v) is 8.04. The van der Waals surface area contributed by atoms with Gasteiger partial charge < -0.3 is 19.9 Å². The highest BCUT2D eigenvalue weighted by Crippen LogP contribution is 2.39. The number of methoxy groups -OCH3 is 3. The predicted molar refractivity (Wildman–Crippen MR) is 110 cm³/mol. The van der Waals surface area contributed by atoms with E-state index in [1.165, 1.54) is 33.5 Å². The molecule has 0 fully saturated rings. The molecule has 9 heteroatoms. The summed E-state index contributed by atoms with van der Waals surface area (Å²) in [5.74, 6) is 0.764. The highest BCUT2D eigenvalue weighted by atomic mass is 35.5. The number of nitrogens with two attached hydrogens (primary N) is 1. The molecule has 3 N–H and O–H groups in total. The van der Waals surface area contributed by atoms with Crippen molar-refractivity contribution in [2.75, 3.05) is 27.1 Å². The van der Waals surface area contributed by atoms with Crippen LogP contribution in [0, 0.1) is 0 Å². The maximum absolute atomic E-state index is 13.2. The lowest BCUT2D eigenvalue weighted by Gasteiger charge is -2.27. The Morgan fingerprint density at radius 2 is 1.68 bits per heavy atom. The molecule has 1 unspecified atom stereocenters. The highest BCUT2D eigenvalue weighted by molar-refractivity contribution is 7.89. The molecule has 1 atom stereocenters. The summed E-state index contributed by atoms with van der Waals surface area (Å²) in [6.45, 7) is 0. The fourth-order valence-electron chi connectivity index (χ4n) is 3.44. The van der Waals surface area contributed by atoms with E-state index in [-0.39, 0.29) is 34.8 Å². The summed E-state index contributed by atoms with van der Waals surface area (Å²) in [6, 6.07) is 8.29. The summed E-state index contributed by atoms with van der Waals surface area (Å²) < 4.78 is 45.0. The molecule has 0 saturated heterocycles. The Hall–Kier alpha value is -2.16. The lowest BCUT2D eigenvalue weighted by Crippen LogP contribution is -2.31. The van der Waals surface area contributed by atoms with Gasteiger partial charge in [0.2, 0.25) is 10.0 Å². The van der Waals surface area contributed by atoms with E-state index in [9.17, 15) is 8.42 Å². The molecule has 0 heterocycles. The van der Waals surface area contributed by atoms with Gasteiger partial charge in [0, 0.05) is 23.9 Å². The van der Waals surface area contributed by atoms with Gasteiger partial charge in [-0.15, -0.1) is 12.4 Å². The first kappa shape index (κ1) is 22.1. The van der Waals surface area contributed by atoms with Gasteiger partial charge in [-0.3, -0.25) is 0 Å². The second-order valence-electron chi connectivity index (χ2n) is 6.39. The van der Waals surface area contributed by atoms with Gasteiger partial charge in [-0.25, -0.2) is 13.1 Å². The van der Waals surface area contributed by atoms with Crippen molar-refractivity contribution in [3.63, 3.8) is 0 Å². The van der Waals surface area contributed by atoms with Gasteiger partial charge in [-0.05, 0) is 42.5 Å². The quantitative estimate of drug-likeness (QED) is 0.686. The standard InChI is InChI=1S/C19H24N2O5S.ClH/c1-24-14-10-17(25-2)19(18(11-14)26-3)27(22,23)21-16-6-4-5-12-9-13(20)7-8-15(12)16;/h7-11,16,21H,4-6,20H2,1-3H3;1H. The Labute approximate surface area is 171 Å². The van der Waals surface area contributed by atoms with Crippen LogP contribution in [-0.4, -0.2) is 29.7 Å². The number of hydrogen-bond donors (Lipinski definition) is 2. The zero-order valence-corrected chi connectivity index (χ0v) is 17.7. The van der Waals surface area contributed by atoms with E-state index < -0.39 is 10.0 Å². The Morgan fingerprint density at radius 1 is 1.04 bits per heavy atom. The highest BCUT2D eigenvalue weighted by Gasteiger charge is 2.31. The SMILES string of the molecule is COc1cc(OC)c(S(=O)(=O)NC2CCCc3cc(N)ccc32)c(OC)c1.Cl. The molecule has 0 spiro atoms. The van der Waals surface area contributed by atoms with Crippen molar-refractivity contribution < 1.29 is 22.6 Å². The van der Waals surface area contributed by atoms with Crippen LogP contribution in [0.4, 0.5) is 5.69 Å². The van der Waals surface area contributed by atoms with Crippen molar-refractivity contribution >= 4 is 28.1 Å². The Bertz CT molecular complexity index is 924. The first-order chi connectivity index (χ1) is 12.9. The lowest BCUT2D eigenvalue weighted by molar-refractivity contribution is 0.358. The molecule has 3 rings (SSSR count). The second kappa shape index (κ2) is 8.89. The molecule has 2 aromatic carbocycles. The fourth-order valence-corrected chi connectivity index (χ4v) is 4.99.